The Morgan fingerprint density at radius 3 is 2.48 bits per heavy atom. The summed E-state index contributed by atoms with van der Waals surface area (Å²) in [4.78, 5) is 24.5. The minimum absolute atomic E-state index is 0.299. The Morgan fingerprint density at radius 1 is 1.40 bits per heavy atom. The predicted molar refractivity (Wildman–Crippen MR) is 84.3 cm³/mol. The summed E-state index contributed by atoms with van der Waals surface area (Å²) in [6.07, 6.45) is -2.94. The highest BCUT2D eigenvalue weighted by atomic mass is 19.4. The van der Waals surface area contributed by atoms with Crippen LogP contribution in [0.2, 0.25) is 0 Å². The first kappa shape index (κ1) is 20.3. The van der Waals surface area contributed by atoms with E-state index in [4.69, 9.17) is 20.4 Å². The molecule has 0 spiro atoms. The third-order valence-electron chi connectivity index (χ3n) is 2.89. The summed E-state index contributed by atoms with van der Waals surface area (Å²) >= 11 is 0. The Kier molecular flexibility index (Phi) is 6.77. The van der Waals surface area contributed by atoms with Crippen LogP contribution >= 0.6 is 0 Å². The molecule has 1 atom stereocenters. The second-order valence-corrected chi connectivity index (χ2v) is 5.01. The molecule has 0 unspecified atom stereocenters. The van der Waals surface area contributed by atoms with Gasteiger partial charge in [0, 0.05) is 6.04 Å². The number of nitrogens with two attached hydrogens (primary N) is 1. The van der Waals surface area contributed by atoms with Crippen molar-refractivity contribution in [3.63, 3.8) is 0 Å². The average Bonchev–Trinajstić information content (AvgIpc) is 2.90. The van der Waals surface area contributed by atoms with E-state index < -0.39 is 12.1 Å². The fraction of sp³-hybridized carbons (Fsp3) is 0.538. The first-order chi connectivity index (χ1) is 11.6. The van der Waals surface area contributed by atoms with Crippen LogP contribution in [-0.2, 0) is 4.79 Å². The molecule has 5 N–H and O–H groups in total. The molecule has 2 aromatic heterocycles. The third kappa shape index (κ3) is 5.97. The fourth-order valence-electron chi connectivity index (χ4n) is 1.78. The van der Waals surface area contributed by atoms with Crippen molar-refractivity contribution in [2.45, 2.75) is 38.9 Å². The molecule has 0 aliphatic rings. The van der Waals surface area contributed by atoms with Gasteiger partial charge in [0.05, 0.1) is 7.11 Å². The summed E-state index contributed by atoms with van der Waals surface area (Å²) in [5, 5.41) is 10.3. The molecule has 0 radical (unpaired) electrons. The highest BCUT2D eigenvalue weighted by Gasteiger charge is 2.38. The molecule has 25 heavy (non-hydrogen) atoms. The van der Waals surface area contributed by atoms with E-state index in [0.717, 1.165) is 12.8 Å². The lowest BCUT2D eigenvalue weighted by Gasteiger charge is -2.12. The average molecular weight is 364 g/mol. The smallest absolute Gasteiger partial charge is 0.475 e. The number of carbonyl (C=O) groups is 1. The fourth-order valence-corrected chi connectivity index (χ4v) is 1.78. The summed E-state index contributed by atoms with van der Waals surface area (Å²) in [6, 6.07) is 0.678. The van der Waals surface area contributed by atoms with Crippen LogP contribution in [0, 0.1) is 0 Å². The Balaban J connectivity index is 0.000000381. The molecule has 2 aromatic rings. The number of carboxylic acid groups (broad SMARTS) is 1. The summed E-state index contributed by atoms with van der Waals surface area (Å²) in [5.74, 6) is -1.90. The number of imidazole rings is 1. The van der Waals surface area contributed by atoms with E-state index in [2.05, 4.69) is 39.1 Å². The second kappa shape index (κ2) is 8.35. The largest absolute Gasteiger partial charge is 0.490 e. The maximum Gasteiger partial charge on any atom is 0.490 e. The van der Waals surface area contributed by atoms with Crippen LogP contribution in [0.4, 0.5) is 24.9 Å². The topological polar surface area (TPSA) is 139 Å². The molecule has 0 saturated carbocycles. The summed E-state index contributed by atoms with van der Waals surface area (Å²) in [6.45, 7) is 4.22. The van der Waals surface area contributed by atoms with E-state index in [9.17, 15) is 13.2 Å². The van der Waals surface area contributed by atoms with E-state index in [1.54, 1.807) is 0 Å². The lowest BCUT2D eigenvalue weighted by atomic mass is 10.2. The Labute approximate surface area is 140 Å². The number of nitrogen functional groups attached to an aromatic ring is 1. The van der Waals surface area contributed by atoms with Gasteiger partial charge in [0.15, 0.2) is 11.5 Å². The van der Waals surface area contributed by atoms with Crippen LogP contribution in [0.25, 0.3) is 11.2 Å². The van der Waals surface area contributed by atoms with E-state index in [1.165, 1.54) is 7.11 Å². The predicted octanol–water partition coefficient (Wildman–Crippen LogP) is 2.18. The summed E-state index contributed by atoms with van der Waals surface area (Å²) < 4.78 is 36.7. The number of aliphatic carboxylic acids is 1. The van der Waals surface area contributed by atoms with Crippen LogP contribution < -0.4 is 15.8 Å². The van der Waals surface area contributed by atoms with Gasteiger partial charge in [0.1, 0.15) is 5.52 Å². The van der Waals surface area contributed by atoms with Gasteiger partial charge in [0.25, 0.3) is 6.01 Å². The first-order valence-electron chi connectivity index (χ1n) is 7.22. The number of fused-ring (bicyclic) bond motifs is 1. The summed E-state index contributed by atoms with van der Waals surface area (Å²) in [7, 11) is 1.53. The van der Waals surface area contributed by atoms with Gasteiger partial charge in [-0.15, -0.1) is 0 Å². The number of aromatic nitrogens is 4. The lowest BCUT2D eigenvalue weighted by molar-refractivity contribution is -0.192. The number of H-pyrrole nitrogens is 1. The quantitative estimate of drug-likeness (QED) is 0.633. The van der Waals surface area contributed by atoms with Gasteiger partial charge in [-0.1, -0.05) is 13.3 Å². The number of aromatic amines is 1. The lowest BCUT2D eigenvalue weighted by Crippen LogP contribution is -2.21. The number of alkyl halides is 3. The number of nitrogens with one attached hydrogen (secondary N) is 2. The standard InChI is InChI=1S/C11H18N6O.C2HF3O2/c1-4-5-6(2)13-10-15-8(12)7-9(16-10)17-11(14-7)18-3;3-2(4,5)1(6)7/h6H,4-5H2,1-3H3,(H4,12,13,14,15,16,17);(H,6,7)/t6-;/m1./s1. The molecule has 0 aliphatic carbocycles. The number of halogens is 3. The number of carboxylic acids is 1. The molecule has 2 heterocycles. The molecule has 0 aliphatic heterocycles. The zero-order valence-corrected chi connectivity index (χ0v) is 13.8. The molecule has 140 valence electrons. The van der Waals surface area contributed by atoms with Gasteiger partial charge in [0.2, 0.25) is 5.95 Å². The molecule has 0 bridgehead atoms. The number of nitrogens with zero attached hydrogens (tertiary/aromatic N) is 3. The van der Waals surface area contributed by atoms with Crippen molar-refractivity contribution in [2.75, 3.05) is 18.2 Å². The van der Waals surface area contributed by atoms with E-state index in [-0.39, 0.29) is 0 Å². The molecule has 0 aromatic carbocycles. The Morgan fingerprint density at radius 2 is 2.00 bits per heavy atom. The van der Waals surface area contributed by atoms with Gasteiger partial charge in [-0.3, -0.25) is 0 Å². The molecular weight excluding hydrogens is 345 g/mol. The monoisotopic (exact) mass is 364 g/mol. The van der Waals surface area contributed by atoms with Gasteiger partial charge < -0.3 is 25.9 Å². The molecule has 0 saturated heterocycles. The van der Waals surface area contributed by atoms with E-state index in [1.807, 2.05) is 0 Å². The number of rotatable bonds is 5. The van der Waals surface area contributed by atoms with Crippen LogP contribution in [0.5, 0.6) is 6.01 Å². The maximum absolute atomic E-state index is 10.6. The van der Waals surface area contributed by atoms with Crippen LogP contribution in [0.15, 0.2) is 0 Å². The number of anilines is 2. The molecule has 0 amide bonds. The SMILES string of the molecule is CCC[C@@H](C)Nc1nc(N)c2[nH]c(OC)nc2n1.O=C(O)C(F)(F)F. The van der Waals surface area contributed by atoms with Crippen molar-refractivity contribution < 1.29 is 27.8 Å². The van der Waals surface area contributed by atoms with Crippen molar-refractivity contribution in [1.29, 1.82) is 0 Å². The second-order valence-electron chi connectivity index (χ2n) is 5.01. The Bertz CT molecular complexity index is 719. The minimum atomic E-state index is -5.08. The summed E-state index contributed by atoms with van der Waals surface area (Å²) in [5.41, 5.74) is 6.96. The van der Waals surface area contributed by atoms with Crippen LogP contribution in [-0.4, -0.2) is 50.3 Å². The van der Waals surface area contributed by atoms with Crippen LogP contribution in [0.3, 0.4) is 0 Å². The van der Waals surface area contributed by atoms with E-state index in [0.29, 0.717) is 35.0 Å². The van der Waals surface area contributed by atoms with Crippen molar-refractivity contribution in [1.82, 2.24) is 19.9 Å². The van der Waals surface area contributed by atoms with Crippen molar-refractivity contribution in [3.8, 4) is 6.01 Å². The molecular formula is C13H19F3N6O3. The molecule has 12 heteroatoms. The van der Waals surface area contributed by atoms with E-state index >= 15 is 0 Å². The van der Waals surface area contributed by atoms with Gasteiger partial charge in [-0.25, -0.2) is 4.79 Å². The van der Waals surface area contributed by atoms with Gasteiger partial charge >= 0.3 is 12.1 Å². The zero-order chi connectivity index (χ0) is 19.2. The third-order valence-corrected chi connectivity index (χ3v) is 2.89. The molecule has 2 rings (SSSR count). The number of ether oxygens (including phenoxy) is 1. The van der Waals surface area contributed by atoms with Crippen molar-refractivity contribution in [2.24, 2.45) is 0 Å². The number of hydrogen-bond donors (Lipinski definition) is 4. The first-order valence-corrected chi connectivity index (χ1v) is 7.22. The maximum atomic E-state index is 10.6. The molecule has 9 nitrogen and oxygen atoms in total. The number of hydrogen-bond acceptors (Lipinski definition) is 7. The molecule has 0 fully saturated rings. The van der Waals surface area contributed by atoms with Crippen molar-refractivity contribution >= 4 is 28.9 Å². The number of methoxy groups -OCH3 is 1. The highest BCUT2D eigenvalue weighted by molar-refractivity contribution is 5.83. The highest BCUT2D eigenvalue weighted by Crippen LogP contribution is 2.20. The minimum Gasteiger partial charge on any atom is -0.475 e. The normalized spacial score (nSPS) is 12.2. The van der Waals surface area contributed by atoms with Crippen molar-refractivity contribution in [3.05, 3.63) is 0 Å². The zero-order valence-electron chi connectivity index (χ0n) is 13.8. The van der Waals surface area contributed by atoms with Gasteiger partial charge in [-0.2, -0.15) is 28.1 Å². The van der Waals surface area contributed by atoms with Gasteiger partial charge in [-0.05, 0) is 13.3 Å². The Hall–Kier alpha value is -2.79. The van der Waals surface area contributed by atoms with Crippen LogP contribution in [0.1, 0.15) is 26.7 Å².